The summed E-state index contributed by atoms with van der Waals surface area (Å²) in [6, 6.07) is 1.98. The Morgan fingerprint density at radius 3 is 3.10 bits per heavy atom. The van der Waals surface area contributed by atoms with E-state index < -0.39 is 0 Å². The third-order valence-electron chi connectivity index (χ3n) is 3.82. The number of fused-ring (bicyclic) bond motifs is 1. The number of ether oxygens (including phenoxy) is 1. The maximum absolute atomic E-state index is 11.2. The van der Waals surface area contributed by atoms with E-state index >= 15 is 0 Å². The van der Waals surface area contributed by atoms with Crippen molar-refractivity contribution < 1.29 is 9.66 Å². The lowest BCUT2D eigenvalue weighted by molar-refractivity contribution is -0.384. The molecule has 0 saturated carbocycles. The van der Waals surface area contributed by atoms with Gasteiger partial charge >= 0.3 is 5.69 Å². The zero-order chi connectivity index (χ0) is 14.8. The largest absolute Gasteiger partial charge is 0.376 e. The van der Waals surface area contributed by atoms with E-state index in [1.807, 2.05) is 11.4 Å². The summed E-state index contributed by atoms with van der Waals surface area (Å²) in [5, 5.41) is 16.4. The van der Waals surface area contributed by atoms with E-state index in [1.165, 1.54) is 17.5 Å². The molecule has 2 aromatic rings. The Labute approximate surface area is 126 Å². The van der Waals surface area contributed by atoms with E-state index in [1.54, 1.807) is 0 Å². The van der Waals surface area contributed by atoms with Crippen LogP contribution in [0.5, 0.6) is 0 Å². The highest BCUT2D eigenvalue weighted by molar-refractivity contribution is 7.17. The van der Waals surface area contributed by atoms with Crippen LogP contribution < -0.4 is 5.32 Å². The van der Waals surface area contributed by atoms with Gasteiger partial charge < -0.3 is 10.1 Å². The van der Waals surface area contributed by atoms with Crippen molar-refractivity contribution in [2.45, 2.75) is 38.3 Å². The van der Waals surface area contributed by atoms with Crippen LogP contribution in [0.25, 0.3) is 10.2 Å². The van der Waals surface area contributed by atoms with Gasteiger partial charge in [0.15, 0.2) is 0 Å². The molecule has 0 aliphatic carbocycles. The molecule has 1 aliphatic heterocycles. The normalized spacial score (nSPS) is 22.3. The molecule has 7 heteroatoms. The van der Waals surface area contributed by atoms with Gasteiger partial charge in [-0.3, -0.25) is 10.1 Å². The predicted molar refractivity (Wildman–Crippen MR) is 83.0 cm³/mol. The van der Waals surface area contributed by atoms with Crippen molar-refractivity contribution in [1.29, 1.82) is 0 Å². The maximum atomic E-state index is 11.2. The molecule has 112 valence electrons. The molecule has 0 aromatic carbocycles. The first kappa shape index (κ1) is 14.2. The summed E-state index contributed by atoms with van der Waals surface area (Å²) in [5.41, 5.74) is 1.39. The fourth-order valence-electron chi connectivity index (χ4n) is 2.63. The van der Waals surface area contributed by atoms with Gasteiger partial charge in [0.05, 0.1) is 27.9 Å². The molecule has 0 radical (unpaired) electrons. The van der Waals surface area contributed by atoms with Gasteiger partial charge in [0, 0.05) is 6.04 Å². The van der Waals surface area contributed by atoms with Crippen molar-refractivity contribution in [3.8, 4) is 0 Å². The van der Waals surface area contributed by atoms with Crippen molar-refractivity contribution in [3.05, 3.63) is 27.8 Å². The molecule has 1 N–H and O–H groups in total. The number of nitrogens with one attached hydrogen (secondary N) is 1. The Morgan fingerprint density at radius 1 is 1.57 bits per heavy atom. The van der Waals surface area contributed by atoms with Crippen LogP contribution in [0.1, 0.15) is 26.2 Å². The van der Waals surface area contributed by atoms with Gasteiger partial charge in [-0.15, -0.1) is 11.3 Å². The number of rotatable bonds is 4. The van der Waals surface area contributed by atoms with Crippen LogP contribution in [0.15, 0.2) is 17.6 Å². The molecule has 0 spiro atoms. The van der Waals surface area contributed by atoms with Gasteiger partial charge in [-0.1, -0.05) is 6.92 Å². The van der Waals surface area contributed by atoms with Gasteiger partial charge in [-0.25, -0.2) is 4.98 Å². The monoisotopic (exact) mass is 307 g/mol. The lowest BCUT2D eigenvalue weighted by Gasteiger charge is -2.29. The molecule has 3 rings (SSSR count). The Bertz CT molecular complexity index is 650. The van der Waals surface area contributed by atoms with Crippen LogP contribution in [0.2, 0.25) is 0 Å². The van der Waals surface area contributed by atoms with Crippen molar-refractivity contribution in [2.75, 3.05) is 11.9 Å². The minimum absolute atomic E-state index is 0.0302. The van der Waals surface area contributed by atoms with E-state index in [0.717, 1.165) is 29.5 Å². The van der Waals surface area contributed by atoms with Crippen molar-refractivity contribution in [3.63, 3.8) is 0 Å². The highest BCUT2D eigenvalue weighted by Gasteiger charge is 2.25. The highest BCUT2D eigenvalue weighted by Crippen LogP contribution is 2.36. The third-order valence-corrected chi connectivity index (χ3v) is 4.75. The molecule has 3 heterocycles. The number of nitro groups is 1. The Balaban J connectivity index is 1.87. The highest BCUT2D eigenvalue weighted by atomic mass is 32.1. The summed E-state index contributed by atoms with van der Waals surface area (Å²) in [6.45, 7) is 2.70. The number of thiophene rings is 1. The smallest absolute Gasteiger partial charge is 0.311 e. The molecule has 2 atom stereocenters. The molecule has 21 heavy (non-hydrogen) atoms. The SMILES string of the molecule is CC[C@@H]1CC[C@H](Nc2c([N+](=O)[O-])cnc3ccsc23)CO1. The zero-order valence-corrected chi connectivity index (χ0v) is 12.6. The summed E-state index contributed by atoms with van der Waals surface area (Å²) in [7, 11) is 0. The van der Waals surface area contributed by atoms with Gasteiger partial charge in [0.2, 0.25) is 0 Å². The van der Waals surface area contributed by atoms with E-state index in [4.69, 9.17) is 4.74 Å². The van der Waals surface area contributed by atoms with Gasteiger partial charge in [-0.05, 0) is 30.7 Å². The van der Waals surface area contributed by atoms with E-state index in [2.05, 4.69) is 17.2 Å². The molecular weight excluding hydrogens is 290 g/mol. The van der Waals surface area contributed by atoms with Gasteiger partial charge in [0.1, 0.15) is 11.9 Å². The lowest BCUT2D eigenvalue weighted by Crippen LogP contribution is -2.34. The van der Waals surface area contributed by atoms with Crippen molar-refractivity contribution in [2.24, 2.45) is 0 Å². The first-order chi connectivity index (χ1) is 10.2. The average Bonchev–Trinajstić information content (AvgIpc) is 2.97. The molecule has 1 aliphatic rings. The second kappa shape index (κ2) is 5.95. The number of nitrogens with zero attached hydrogens (tertiary/aromatic N) is 2. The molecule has 0 amide bonds. The molecular formula is C14H17N3O3S. The fourth-order valence-corrected chi connectivity index (χ4v) is 3.48. The van der Waals surface area contributed by atoms with Crippen LogP contribution in [0.3, 0.4) is 0 Å². The maximum Gasteiger partial charge on any atom is 0.311 e. The third kappa shape index (κ3) is 2.84. The lowest BCUT2D eigenvalue weighted by atomic mass is 10.0. The number of hydrogen-bond donors (Lipinski definition) is 1. The van der Waals surface area contributed by atoms with Crippen LogP contribution in [-0.2, 0) is 4.74 Å². The molecule has 2 aromatic heterocycles. The van der Waals surface area contributed by atoms with Gasteiger partial charge in [-0.2, -0.15) is 0 Å². The average molecular weight is 307 g/mol. The Morgan fingerprint density at radius 2 is 2.43 bits per heavy atom. The minimum atomic E-state index is -0.382. The number of anilines is 1. The van der Waals surface area contributed by atoms with E-state index in [0.29, 0.717) is 18.4 Å². The second-order valence-electron chi connectivity index (χ2n) is 5.19. The molecule has 6 nitrogen and oxygen atoms in total. The van der Waals surface area contributed by atoms with E-state index in [-0.39, 0.29) is 16.7 Å². The number of aromatic nitrogens is 1. The van der Waals surface area contributed by atoms with Crippen LogP contribution in [-0.4, -0.2) is 28.7 Å². The summed E-state index contributed by atoms with van der Waals surface area (Å²) in [6.07, 6.45) is 4.61. The zero-order valence-electron chi connectivity index (χ0n) is 11.7. The summed E-state index contributed by atoms with van der Waals surface area (Å²) in [5.74, 6) is 0. The van der Waals surface area contributed by atoms with Crippen LogP contribution >= 0.6 is 11.3 Å². The number of pyridine rings is 1. The van der Waals surface area contributed by atoms with E-state index in [9.17, 15) is 10.1 Å². The standard InChI is InChI=1S/C14H17N3O3S/c1-2-10-4-3-9(8-20-10)16-13-12(17(18)19)7-15-11-5-6-21-14(11)13/h5-7,9-10H,2-4,8H2,1H3,(H,15,16)/t9-,10+/m0/s1. The Kier molecular flexibility index (Phi) is 4.03. The minimum Gasteiger partial charge on any atom is -0.376 e. The summed E-state index contributed by atoms with van der Waals surface area (Å²) < 4.78 is 6.60. The van der Waals surface area contributed by atoms with Crippen molar-refractivity contribution in [1.82, 2.24) is 4.98 Å². The first-order valence-electron chi connectivity index (χ1n) is 7.07. The quantitative estimate of drug-likeness (QED) is 0.690. The molecule has 1 fully saturated rings. The second-order valence-corrected chi connectivity index (χ2v) is 6.11. The summed E-state index contributed by atoms with van der Waals surface area (Å²) >= 11 is 1.47. The molecule has 0 unspecified atom stereocenters. The topological polar surface area (TPSA) is 77.3 Å². The fraction of sp³-hybridized carbons (Fsp3) is 0.500. The molecule has 0 bridgehead atoms. The predicted octanol–water partition coefficient (Wildman–Crippen LogP) is 3.57. The van der Waals surface area contributed by atoms with Crippen molar-refractivity contribution >= 4 is 32.9 Å². The van der Waals surface area contributed by atoms with Crippen LogP contribution in [0, 0.1) is 10.1 Å². The Hall–Kier alpha value is -1.73. The van der Waals surface area contributed by atoms with Gasteiger partial charge in [0.25, 0.3) is 0 Å². The first-order valence-corrected chi connectivity index (χ1v) is 7.95. The molecule has 1 saturated heterocycles. The number of hydrogen-bond acceptors (Lipinski definition) is 6. The van der Waals surface area contributed by atoms with Crippen LogP contribution in [0.4, 0.5) is 11.4 Å². The summed E-state index contributed by atoms with van der Waals surface area (Å²) in [4.78, 5) is 15.0.